The number of ether oxygens (including phenoxy) is 1. The van der Waals surface area contributed by atoms with Gasteiger partial charge in [-0.15, -0.1) is 0 Å². The Kier molecular flexibility index (Phi) is 20.9. The van der Waals surface area contributed by atoms with E-state index in [1.807, 2.05) is 0 Å². The number of rotatable bonds is 9. The van der Waals surface area contributed by atoms with Crippen molar-refractivity contribution < 1.29 is 56.3 Å². The molecule has 4 nitrogen and oxygen atoms in total. The first-order chi connectivity index (χ1) is 24.0. The predicted octanol–water partition coefficient (Wildman–Crippen LogP) is 11.6. The molecule has 0 saturated heterocycles. The molecular weight excluding hydrogens is 784 g/mol. The Morgan fingerprint density at radius 1 is 0.679 bits per heavy atom. The Labute approximate surface area is 327 Å². The quantitative estimate of drug-likeness (QED) is 0.0709. The van der Waals surface area contributed by atoms with Crippen LogP contribution in [-0.4, -0.2) is 32.3 Å². The number of hydrogen-bond acceptors (Lipinski definition) is 4. The van der Waals surface area contributed by atoms with Gasteiger partial charge in [0.2, 0.25) is 0 Å². The van der Waals surface area contributed by atoms with Gasteiger partial charge in [-0.3, -0.25) is 14.8 Å². The van der Waals surface area contributed by atoms with Crippen LogP contribution in [0.4, 0.5) is 37.7 Å². The summed E-state index contributed by atoms with van der Waals surface area (Å²) in [5.41, 5.74) is 7.17. The van der Waals surface area contributed by atoms with Gasteiger partial charge in [0.15, 0.2) is 0 Å². The van der Waals surface area contributed by atoms with Crippen molar-refractivity contribution in [3.05, 3.63) is 94.9 Å². The van der Waals surface area contributed by atoms with Gasteiger partial charge < -0.3 is 11.7 Å². The van der Waals surface area contributed by atoms with Crippen LogP contribution in [0.2, 0.25) is 0 Å². The molecule has 0 atom stereocenters. The summed E-state index contributed by atoms with van der Waals surface area (Å²) in [6, 6.07) is 14.9. The second kappa shape index (κ2) is 22.2. The van der Waals surface area contributed by atoms with Crippen molar-refractivity contribution >= 4 is 42.1 Å². The third-order valence-electron chi connectivity index (χ3n) is 7.82. The maximum atomic E-state index is 12.2. The van der Waals surface area contributed by atoms with E-state index in [9.17, 15) is 31.1 Å². The van der Waals surface area contributed by atoms with Gasteiger partial charge in [0.1, 0.15) is 0 Å². The van der Waals surface area contributed by atoms with Crippen LogP contribution >= 0.6 is 0 Å². The van der Waals surface area contributed by atoms with Crippen molar-refractivity contribution in [1.82, 2.24) is 0 Å². The number of para-hydroxylation sites is 2. The maximum Gasteiger partial charge on any atom is 2.00 e. The molecule has 0 spiro atoms. The Morgan fingerprint density at radius 2 is 0.981 bits per heavy atom. The van der Waals surface area contributed by atoms with Crippen LogP contribution in [0, 0.1) is 6.92 Å². The third-order valence-corrected chi connectivity index (χ3v) is 7.82. The molecule has 3 rings (SSSR count). The van der Waals surface area contributed by atoms with Crippen LogP contribution in [-0.2, 0) is 42.3 Å². The number of aliphatic imine (C=N–C) groups is 2. The van der Waals surface area contributed by atoms with E-state index in [0.717, 1.165) is 34.9 Å². The molecular formula is C41H55BF6N2O2Pd. The zero-order chi connectivity index (χ0) is 40.1. The van der Waals surface area contributed by atoms with E-state index in [1.54, 1.807) is 0 Å². The minimum absolute atomic E-state index is 0. The zero-order valence-corrected chi connectivity index (χ0v) is 33.5. The van der Waals surface area contributed by atoms with Gasteiger partial charge in [0.05, 0.1) is 41.0 Å². The molecule has 0 aromatic heterocycles. The fourth-order valence-electron chi connectivity index (χ4n) is 4.82. The average molecular weight is 839 g/mol. The summed E-state index contributed by atoms with van der Waals surface area (Å²) in [4.78, 5) is 20.4. The summed E-state index contributed by atoms with van der Waals surface area (Å²) >= 11 is 0. The number of halogens is 6. The Hall–Kier alpha value is -3.22. The van der Waals surface area contributed by atoms with E-state index in [1.165, 1.54) is 29.4 Å². The van der Waals surface area contributed by atoms with E-state index < -0.39 is 31.3 Å². The molecule has 0 heterocycles. The fourth-order valence-corrected chi connectivity index (χ4v) is 4.82. The molecule has 0 radical (unpaired) electrons. The van der Waals surface area contributed by atoms with Crippen LogP contribution in [0.25, 0.3) is 0 Å². The molecule has 53 heavy (non-hydrogen) atoms. The SMILES string of the molecule is CC(=Nc1c(C(C)C)cccc1C(C)C)C(C)=Nc1c(C(C)C)cccc1C(C)C.[BH3-]c1cc(C(F)(F)F)cc(C(F)(F)F)c1.[CH2-]CCC(=O)OC.[Pd+2]. The minimum Gasteiger partial charge on any atom is -0.469 e. The normalized spacial score (nSPS) is 12.3. The zero-order valence-electron chi connectivity index (χ0n) is 31.9. The number of nitrogens with zero attached hydrogens (tertiary/aromatic N) is 2. The average Bonchev–Trinajstić information content (AvgIpc) is 3.04. The number of hydrogen-bond donors (Lipinski definition) is 0. The minimum atomic E-state index is -4.72. The first kappa shape index (κ1) is 49.8. The van der Waals surface area contributed by atoms with E-state index in [4.69, 9.17) is 9.98 Å². The van der Waals surface area contributed by atoms with Crippen LogP contribution in [0.1, 0.15) is 139 Å². The fraction of sp³-hybridized carbons (Fsp3) is 0.463. The number of benzene rings is 3. The third kappa shape index (κ3) is 16.0. The second-order valence-corrected chi connectivity index (χ2v) is 13.3. The monoisotopic (exact) mass is 838 g/mol. The van der Waals surface area contributed by atoms with E-state index in [2.05, 4.69) is 117 Å². The first-order valence-electron chi connectivity index (χ1n) is 16.9. The molecule has 0 unspecified atom stereocenters. The van der Waals surface area contributed by atoms with Crippen molar-refractivity contribution in [2.45, 2.75) is 118 Å². The molecule has 0 N–H and O–H groups in total. The van der Waals surface area contributed by atoms with Gasteiger partial charge in [0.25, 0.3) is 0 Å². The number of esters is 1. The number of methoxy groups -OCH3 is 1. The van der Waals surface area contributed by atoms with Gasteiger partial charge in [0, 0.05) is 6.42 Å². The van der Waals surface area contributed by atoms with Crippen molar-refractivity contribution in [2.75, 3.05) is 7.11 Å². The van der Waals surface area contributed by atoms with Crippen molar-refractivity contribution in [3.63, 3.8) is 0 Å². The molecule has 0 fully saturated rings. The Morgan fingerprint density at radius 3 is 1.19 bits per heavy atom. The van der Waals surface area contributed by atoms with Gasteiger partial charge in [-0.1, -0.05) is 104 Å². The van der Waals surface area contributed by atoms with Crippen LogP contribution in [0.3, 0.4) is 0 Å². The maximum absolute atomic E-state index is 12.2. The largest absolute Gasteiger partial charge is 2.00 e. The van der Waals surface area contributed by atoms with Gasteiger partial charge in [-0.2, -0.15) is 32.8 Å². The Bertz CT molecular complexity index is 1520. The van der Waals surface area contributed by atoms with Gasteiger partial charge >= 0.3 is 38.7 Å². The smallest absolute Gasteiger partial charge is 0.469 e. The standard InChI is InChI=1S/C28H40N2.C8H6BF6.C5H9O2.Pd/c1-17(2)23-13-11-14-24(18(3)4)27(23)29-21(9)22(10)30-28-25(19(5)6)15-12-16-26(28)20(7)8;9-6-2-4(7(10,11)12)1-5(3-6)8(13,14)15;1-3-4-5(6)7-2;/h11-20H,1-10H3;1-3H,9H3;1,3-4H2,2H3;/q;2*-1;+2. The molecule has 296 valence electrons. The van der Waals surface area contributed by atoms with Crippen molar-refractivity contribution in [3.8, 4) is 0 Å². The number of carbonyl (C=O) groups excluding carboxylic acids is 1. The predicted molar refractivity (Wildman–Crippen MR) is 207 cm³/mol. The number of alkyl halides is 6. The summed E-state index contributed by atoms with van der Waals surface area (Å²) in [5, 5.41) is 0. The molecule has 0 saturated carbocycles. The Balaban J connectivity index is 0.000000974. The molecule has 0 amide bonds. The second-order valence-electron chi connectivity index (χ2n) is 13.3. The summed E-state index contributed by atoms with van der Waals surface area (Å²) < 4.78 is 77.5. The van der Waals surface area contributed by atoms with E-state index in [-0.39, 0.29) is 37.9 Å². The van der Waals surface area contributed by atoms with E-state index in [0.29, 0.717) is 36.5 Å². The van der Waals surface area contributed by atoms with E-state index >= 15 is 0 Å². The topological polar surface area (TPSA) is 51.0 Å². The van der Waals surface area contributed by atoms with Gasteiger partial charge in [-0.05, 0) is 73.7 Å². The van der Waals surface area contributed by atoms with Crippen LogP contribution < -0.4 is 5.46 Å². The summed E-state index contributed by atoms with van der Waals surface area (Å²) in [5.74, 6) is 1.54. The summed E-state index contributed by atoms with van der Waals surface area (Å²) in [6.07, 6.45) is -8.39. The molecule has 3 aromatic rings. The molecule has 12 heteroatoms. The van der Waals surface area contributed by atoms with Crippen LogP contribution in [0.15, 0.2) is 64.6 Å². The van der Waals surface area contributed by atoms with Crippen LogP contribution in [0.5, 0.6) is 0 Å². The first-order valence-corrected chi connectivity index (χ1v) is 16.9. The molecule has 0 aliphatic rings. The molecule has 0 aliphatic carbocycles. The summed E-state index contributed by atoms with van der Waals surface area (Å²) in [7, 11) is 0.674. The number of carbonyl (C=O) groups is 1. The van der Waals surface area contributed by atoms with Gasteiger partial charge in [-0.25, -0.2) is 5.46 Å². The molecule has 0 aliphatic heterocycles. The molecule has 0 bridgehead atoms. The summed E-state index contributed by atoms with van der Waals surface area (Å²) in [6.45, 7) is 25.6. The van der Waals surface area contributed by atoms with Crippen molar-refractivity contribution in [2.24, 2.45) is 9.98 Å². The van der Waals surface area contributed by atoms with Crippen molar-refractivity contribution in [1.29, 1.82) is 0 Å². The molecule has 3 aromatic carbocycles.